The van der Waals surface area contributed by atoms with Crippen LogP contribution in [0.15, 0.2) is 30.3 Å². The van der Waals surface area contributed by atoms with Gasteiger partial charge in [0.25, 0.3) is 11.8 Å². The molecule has 1 saturated heterocycles. The number of nitrogens with zero attached hydrogens (tertiary/aromatic N) is 4. The number of carbonyl (C=O) groups is 2. The van der Waals surface area contributed by atoms with E-state index in [0.717, 1.165) is 24.9 Å². The number of aryl methyl sites for hydroxylation is 2. The molecule has 30 heavy (non-hydrogen) atoms. The Bertz CT molecular complexity index is 901. The zero-order valence-corrected chi connectivity index (χ0v) is 17.8. The minimum atomic E-state index is -0.199. The third-order valence-electron chi connectivity index (χ3n) is 5.91. The van der Waals surface area contributed by atoms with E-state index < -0.39 is 0 Å². The second-order valence-corrected chi connectivity index (χ2v) is 8.37. The van der Waals surface area contributed by atoms with Gasteiger partial charge in [-0.05, 0) is 57.8 Å². The lowest BCUT2D eigenvalue weighted by Gasteiger charge is -2.20. The van der Waals surface area contributed by atoms with Gasteiger partial charge in [-0.25, -0.2) is 0 Å². The molecule has 0 atom stereocenters. The Morgan fingerprint density at radius 3 is 2.73 bits per heavy atom. The molecule has 2 aromatic rings. The molecule has 2 amide bonds. The molecule has 7 nitrogen and oxygen atoms in total. The van der Waals surface area contributed by atoms with Crippen LogP contribution in [-0.2, 0) is 13.1 Å². The fourth-order valence-electron chi connectivity index (χ4n) is 4.33. The van der Waals surface area contributed by atoms with Gasteiger partial charge in [0.05, 0.1) is 0 Å². The van der Waals surface area contributed by atoms with Crippen LogP contribution in [-0.4, -0.2) is 64.1 Å². The van der Waals surface area contributed by atoms with Crippen molar-refractivity contribution < 1.29 is 9.59 Å². The number of aromatic nitrogens is 2. The van der Waals surface area contributed by atoms with E-state index in [1.807, 2.05) is 17.0 Å². The summed E-state index contributed by atoms with van der Waals surface area (Å²) in [4.78, 5) is 29.9. The molecular weight excluding hydrogens is 378 g/mol. The number of amides is 2. The maximum Gasteiger partial charge on any atom is 0.272 e. The number of rotatable bonds is 7. The van der Waals surface area contributed by atoms with Gasteiger partial charge in [-0.15, -0.1) is 0 Å². The van der Waals surface area contributed by atoms with E-state index in [4.69, 9.17) is 0 Å². The largest absolute Gasteiger partial charge is 0.351 e. The third kappa shape index (κ3) is 4.90. The molecule has 0 spiro atoms. The highest BCUT2D eigenvalue weighted by Gasteiger charge is 2.26. The van der Waals surface area contributed by atoms with Crippen LogP contribution >= 0.6 is 0 Å². The lowest BCUT2D eigenvalue weighted by Crippen LogP contribution is -2.30. The van der Waals surface area contributed by atoms with Crippen molar-refractivity contribution in [1.82, 2.24) is 24.9 Å². The topological polar surface area (TPSA) is 70.5 Å². The highest BCUT2D eigenvalue weighted by molar-refractivity contribution is 5.98. The summed E-state index contributed by atoms with van der Waals surface area (Å²) >= 11 is 0. The molecule has 1 N–H and O–H groups in total. The molecule has 1 fully saturated rings. The first-order valence-corrected chi connectivity index (χ1v) is 11.0. The fraction of sp³-hybridized carbons (Fsp3) is 0.522. The number of fused-ring (bicyclic) bond motifs is 1. The first kappa shape index (κ1) is 20.6. The first-order valence-electron chi connectivity index (χ1n) is 11.0. The fourth-order valence-corrected chi connectivity index (χ4v) is 4.33. The number of likely N-dealkylation sites (tertiary alicyclic amines) is 1. The Morgan fingerprint density at radius 1 is 1.10 bits per heavy atom. The summed E-state index contributed by atoms with van der Waals surface area (Å²) in [5, 5.41) is 7.37. The first-order chi connectivity index (χ1) is 14.6. The van der Waals surface area contributed by atoms with Crippen LogP contribution < -0.4 is 5.32 Å². The van der Waals surface area contributed by atoms with Crippen LogP contribution in [0.1, 0.15) is 57.8 Å². The summed E-state index contributed by atoms with van der Waals surface area (Å²) in [6, 6.07) is 9.87. The summed E-state index contributed by atoms with van der Waals surface area (Å²) in [5.74, 6) is -0.260. The number of nitrogens with one attached hydrogen (secondary N) is 1. The van der Waals surface area contributed by atoms with Crippen molar-refractivity contribution in [3.63, 3.8) is 0 Å². The Balaban J connectivity index is 1.36. The molecular formula is C23H31N5O2. The lowest BCUT2D eigenvalue weighted by atomic mass is 10.1. The Labute approximate surface area is 178 Å². The van der Waals surface area contributed by atoms with E-state index in [0.29, 0.717) is 37.6 Å². The highest BCUT2D eigenvalue weighted by atomic mass is 16.2. The molecule has 1 aromatic heterocycles. The zero-order valence-electron chi connectivity index (χ0n) is 17.8. The predicted octanol–water partition coefficient (Wildman–Crippen LogP) is 2.45. The van der Waals surface area contributed by atoms with Gasteiger partial charge < -0.3 is 15.1 Å². The van der Waals surface area contributed by atoms with Crippen LogP contribution in [0.2, 0.25) is 0 Å². The predicted molar refractivity (Wildman–Crippen MR) is 115 cm³/mol. The average Bonchev–Trinajstić information content (AvgIpc) is 3.37. The van der Waals surface area contributed by atoms with E-state index >= 15 is 0 Å². The van der Waals surface area contributed by atoms with Gasteiger partial charge in [0.2, 0.25) is 0 Å². The minimum Gasteiger partial charge on any atom is -0.351 e. The molecule has 3 heterocycles. The smallest absolute Gasteiger partial charge is 0.272 e. The van der Waals surface area contributed by atoms with Crippen LogP contribution in [0.4, 0.5) is 0 Å². The molecule has 7 heteroatoms. The monoisotopic (exact) mass is 409 g/mol. The second kappa shape index (κ2) is 9.43. The van der Waals surface area contributed by atoms with Crippen LogP contribution in [0.25, 0.3) is 0 Å². The highest BCUT2D eigenvalue weighted by Crippen LogP contribution is 2.17. The van der Waals surface area contributed by atoms with Crippen LogP contribution in [0, 0.1) is 6.92 Å². The van der Waals surface area contributed by atoms with Crippen molar-refractivity contribution in [2.45, 2.75) is 45.7 Å². The quantitative estimate of drug-likeness (QED) is 0.713. The number of carbonyl (C=O) groups excluding carboxylic acids is 2. The average molecular weight is 410 g/mol. The Morgan fingerprint density at radius 2 is 1.93 bits per heavy atom. The van der Waals surface area contributed by atoms with Gasteiger partial charge in [0.1, 0.15) is 5.69 Å². The van der Waals surface area contributed by atoms with Crippen molar-refractivity contribution in [2.24, 2.45) is 0 Å². The van der Waals surface area contributed by atoms with Crippen LogP contribution in [0.3, 0.4) is 0 Å². The molecule has 0 aliphatic carbocycles. The second-order valence-electron chi connectivity index (χ2n) is 8.37. The molecule has 0 unspecified atom stereocenters. The van der Waals surface area contributed by atoms with Gasteiger partial charge in [-0.2, -0.15) is 5.10 Å². The van der Waals surface area contributed by atoms with Crippen molar-refractivity contribution in [3.05, 3.63) is 52.8 Å². The summed E-state index contributed by atoms with van der Waals surface area (Å²) in [6.07, 6.45) is 4.31. The molecule has 2 aliphatic heterocycles. The Kier molecular flexibility index (Phi) is 6.47. The molecule has 4 rings (SSSR count). The molecule has 2 aliphatic rings. The van der Waals surface area contributed by atoms with E-state index in [-0.39, 0.29) is 11.8 Å². The van der Waals surface area contributed by atoms with Crippen molar-refractivity contribution in [1.29, 1.82) is 0 Å². The summed E-state index contributed by atoms with van der Waals surface area (Å²) in [7, 11) is 0. The van der Waals surface area contributed by atoms with Crippen molar-refractivity contribution in [3.8, 4) is 0 Å². The summed E-state index contributed by atoms with van der Waals surface area (Å²) in [6.45, 7) is 7.95. The number of benzene rings is 1. The minimum absolute atomic E-state index is 0.0606. The molecule has 0 saturated carbocycles. The molecule has 1 aromatic carbocycles. The SMILES string of the molecule is Cc1cccc(CN2CCCn3nc(C(=O)NCCCN4CCCC4)cc3C2=O)c1. The van der Waals surface area contributed by atoms with E-state index in [1.54, 1.807) is 10.7 Å². The maximum atomic E-state index is 13.1. The standard InChI is InChI=1S/C23H31N5O2/c1-18-7-4-8-19(15-18)17-27-13-6-14-28-21(23(27)30)16-20(25-28)22(29)24-9-5-12-26-10-2-3-11-26/h4,7-8,15-16H,2-3,5-6,9-14,17H2,1H3,(H,24,29). The van der Waals surface area contributed by atoms with E-state index in [9.17, 15) is 9.59 Å². The van der Waals surface area contributed by atoms with Gasteiger partial charge in [-0.1, -0.05) is 29.8 Å². The summed E-state index contributed by atoms with van der Waals surface area (Å²) in [5.41, 5.74) is 3.13. The number of hydrogen-bond acceptors (Lipinski definition) is 4. The van der Waals surface area contributed by atoms with Gasteiger partial charge in [0.15, 0.2) is 5.69 Å². The molecule has 160 valence electrons. The van der Waals surface area contributed by atoms with Crippen molar-refractivity contribution >= 4 is 11.8 Å². The number of hydrogen-bond donors (Lipinski definition) is 1. The van der Waals surface area contributed by atoms with Crippen LogP contribution in [0.5, 0.6) is 0 Å². The Hall–Kier alpha value is -2.67. The van der Waals surface area contributed by atoms with E-state index in [2.05, 4.69) is 34.4 Å². The molecule has 0 bridgehead atoms. The molecule has 0 radical (unpaired) electrons. The van der Waals surface area contributed by atoms with Gasteiger partial charge in [0, 0.05) is 32.2 Å². The van der Waals surface area contributed by atoms with E-state index in [1.165, 1.54) is 31.5 Å². The summed E-state index contributed by atoms with van der Waals surface area (Å²) < 4.78 is 1.69. The lowest BCUT2D eigenvalue weighted by molar-refractivity contribution is 0.0745. The van der Waals surface area contributed by atoms with Gasteiger partial charge in [-0.3, -0.25) is 14.3 Å². The zero-order chi connectivity index (χ0) is 20.9. The maximum absolute atomic E-state index is 13.1. The normalized spacial score (nSPS) is 17.1. The third-order valence-corrected chi connectivity index (χ3v) is 5.91. The van der Waals surface area contributed by atoms with Gasteiger partial charge >= 0.3 is 0 Å². The van der Waals surface area contributed by atoms with Crippen molar-refractivity contribution in [2.75, 3.05) is 32.7 Å².